The fraction of sp³-hybridized carbons (Fsp3) is 0.409. The first-order valence-electron chi connectivity index (χ1n) is 9.45. The number of aryl methyl sites for hydroxylation is 1. The Balaban J connectivity index is 1.88. The molecule has 0 aliphatic carbocycles. The number of hydrogen-bond donors (Lipinski definition) is 1. The van der Waals surface area contributed by atoms with Crippen molar-refractivity contribution in [2.75, 3.05) is 20.3 Å². The van der Waals surface area contributed by atoms with Crippen LogP contribution >= 0.6 is 31.9 Å². The highest BCUT2D eigenvalue weighted by Gasteiger charge is 2.11. The average molecular weight is 529 g/mol. The van der Waals surface area contributed by atoms with E-state index in [1.54, 1.807) is 7.11 Å². The van der Waals surface area contributed by atoms with E-state index in [9.17, 15) is 4.79 Å². The number of benzene rings is 2. The molecule has 0 saturated heterocycles. The van der Waals surface area contributed by atoms with E-state index in [2.05, 4.69) is 51.0 Å². The van der Waals surface area contributed by atoms with Crippen LogP contribution in [0.1, 0.15) is 31.4 Å². The molecule has 2 rings (SSSR count). The molecular formula is C22H27Br2NO4. The van der Waals surface area contributed by atoms with E-state index in [4.69, 9.17) is 14.2 Å². The average Bonchev–Trinajstić information content (AvgIpc) is 2.65. The number of halogens is 2. The molecule has 0 saturated carbocycles. The topological polar surface area (TPSA) is 56.8 Å². The number of carbonyl (C=O) groups excluding carboxylic acids is 1. The minimum Gasteiger partial charge on any atom is -0.493 e. The molecule has 158 valence electrons. The second-order valence-electron chi connectivity index (χ2n) is 7.12. The van der Waals surface area contributed by atoms with Gasteiger partial charge in [-0.3, -0.25) is 4.79 Å². The molecule has 0 aromatic heterocycles. The van der Waals surface area contributed by atoms with Gasteiger partial charge >= 0.3 is 0 Å². The molecule has 0 unspecified atom stereocenters. The SMILES string of the molecule is COc1cc(CNC(=O)COc2c(C)cc(Br)cc2Br)ccc1OCCC(C)C. The zero-order valence-electron chi connectivity index (χ0n) is 17.2. The van der Waals surface area contributed by atoms with Crippen molar-refractivity contribution in [1.29, 1.82) is 0 Å². The van der Waals surface area contributed by atoms with Crippen molar-refractivity contribution in [3.8, 4) is 17.2 Å². The lowest BCUT2D eigenvalue weighted by Gasteiger charge is -2.14. The Morgan fingerprint density at radius 1 is 1.10 bits per heavy atom. The highest BCUT2D eigenvalue weighted by molar-refractivity contribution is 9.11. The van der Waals surface area contributed by atoms with E-state index >= 15 is 0 Å². The second-order valence-corrected chi connectivity index (χ2v) is 8.89. The molecule has 1 amide bonds. The number of ether oxygens (including phenoxy) is 3. The molecule has 0 bridgehead atoms. The Bertz CT molecular complexity index is 817. The van der Waals surface area contributed by atoms with Crippen molar-refractivity contribution in [2.24, 2.45) is 5.92 Å². The summed E-state index contributed by atoms with van der Waals surface area (Å²) in [5.74, 6) is 2.41. The summed E-state index contributed by atoms with van der Waals surface area (Å²) >= 11 is 6.89. The van der Waals surface area contributed by atoms with Gasteiger partial charge in [0.25, 0.3) is 5.91 Å². The van der Waals surface area contributed by atoms with Crippen LogP contribution in [0.25, 0.3) is 0 Å². The fourth-order valence-electron chi connectivity index (χ4n) is 2.61. The fourth-order valence-corrected chi connectivity index (χ4v) is 4.16. The lowest BCUT2D eigenvalue weighted by Crippen LogP contribution is -2.28. The van der Waals surface area contributed by atoms with E-state index < -0.39 is 0 Å². The maximum Gasteiger partial charge on any atom is 0.258 e. The quantitative estimate of drug-likeness (QED) is 0.433. The van der Waals surface area contributed by atoms with E-state index in [1.165, 1.54) is 0 Å². The van der Waals surface area contributed by atoms with Crippen molar-refractivity contribution in [1.82, 2.24) is 5.32 Å². The minimum absolute atomic E-state index is 0.0609. The summed E-state index contributed by atoms with van der Waals surface area (Å²) in [7, 11) is 1.61. The normalized spacial score (nSPS) is 10.7. The minimum atomic E-state index is -0.199. The van der Waals surface area contributed by atoms with Gasteiger partial charge in [-0.1, -0.05) is 35.8 Å². The van der Waals surface area contributed by atoms with Gasteiger partial charge in [0.2, 0.25) is 0 Å². The van der Waals surface area contributed by atoms with Gasteiger partial charge in [-0.05, 0) is 70.6 Å². The number of hydrogen-bond acceptors (Lipinski definition) is 4. The van der Waals surface area contributed by atoms with Crippen molar-refractivity contribution < 1.29 is 19.0 Å². The summed E-state index contributed by atoms with van der Waals surface area (Å²) in [6.45, 7) is 7.21. The number of nitrogens with one attached hydrogen (secondary N) is 1. The monoisotopic (exact) mass is 527 g/mol. The highest BCUT2D eigenvalue weighted by atomic mass is 79.9. The van der Waals surface area contributed by atoms with Crippen molar-refractivity contribution >= 4 is 37.8 Å². The molecule has 0 heterocycles. The third kappa shape index (κ3) is 7.55. The Morgan fingerprint density at radius 2 is 1.86 bits per heavy atom. The molecule has 0 radical (unpaired) electrons. The zero-order valence-corrected chi connectivity index (χ0v) is 20.4. The summed E-state index contributed by atoms with van der Waals surface area (Å²) in [6.07, 6.45) is 0.981. The number of methoxy groups -OCH3 is 1. The molecule has 29 heavy (non-hydrogen) atoms. The summed E-state index contributed by atoms with van der Waals surface area (Å²) < 4.78 is 18.6. The van der Waals surface area contributed by atoms with E-state index in [0.29, 0.717) is 36.3 Å². The lowest BCUT2D eigenvalue weighted by molar-refractivity contribution is -0.123. The number of carbonyl (C=O) groups is 1. The van der Waals surface area contributed by atoms with Crippen LogP contribution in [0.3, 0.4) is 0 Å². The van der Waals surface area contributed by atoms with Crippen molar-refractivity contribution in [3.05, 3.63) is 50.4 Å². The summed E-state index contributed by atoms with van der Waals surface area (Å²) in [5.41, 5.74) is 1.87. The van der Waals surface area contributed by atoms with Crippen LogP contribution in [0.2, 0.25) is 0 Å². The van der Waals surface area contributed by atoms with Gasteiger partial charge in [0.05, 0.1) is 18.2 Å². The Labute approximate surface area is 189 Å². The molecule has 0 aliphatic rings. The molecule has 1 N–H and O–H groups in total. The molecule has 5 nitrogen and oxygen atoms in total. The summed E-state index contributed by atoms with van der Waals surface area (Å²) in [4.78, 5) is 12.2. The molecule has 0 aliphatic heterocycles. The van der Waals surface area contributed by atoms with Crippen LogP contribution in [0.15, 0.2) is 39.3 Å². The number of amides is 1. The van der Waals surface area contributed by atoms with E-state index in [0.717, 1.165) is 26.5 Å². The van der Waals surface area contributed by atoms with Gasteiger partial charge in [0, 0.05) is 11.0 Å². The van der Waals surface area contributed by atoms with E-state index in [-0.39, 0.29) is 12.5 Å². The first kappa shape index (κ1) is 23.5. The molecular weight excluding hydrogens is 502 g/mol. The van der Waals surface area contributed by atoms with Crippen molar-refractivity contribution in [3.63, 3.8) is 0 Å². The van der Waals surface area contributed by atoms with Gasteiger partial charge in [-0.15, -0.1) is 0 Å². The van der Waals surface area contributed by atoms with Gasteiger partial charge < -0.3 is 19.5 Å². The van der Waals surface area contributed by atoms with Crippen LogP contribution in [0, 0.1) is 12.8 Å². The highest BCUT2D eigenvalue weighted by Crippen LogP contribution is 2.32. The maximum atomic E-state index is 12.2. The first-order valence-corrected chi connectivity index (χ1v) is 11.0. The predicted octanol–water partition coefficient (Wildman–Crippen LogP) is 5.65. The Hall–Kier alpha value is -1.73. The molecule has 0 fully saturated rings. The van der Waals surface area contributed by atoms with Gasteiger partial charge in [-0.2, -0.15) is 0 Å². The first-order chi connectivity index (χ1) is 13.8. The number of rotatable bonds is 10. The molecule has 0 atom stereocenters. The molecule has 0 spiro atoms. The van der Waals surface area contributed by atoms with Gasteiger partial charge in [0.1, 0.15) is 5.75 Å². The van der Waals surface area contributed by atoms with Crippen molar-refractivity contribution in [2.45, 2.75) is 33.7 Å². The Morgan fingerprint density at radius 3 is 2.52 bits per heavy atom. The third-order valence-corrected chi connectivity index (χ3v) is 5.26. The predicted molar refractivity (Wildman–Crippen MR) is 122 cm³/mol. The van der Waals surface area contributed by atoms with Crippen LogP contribution in [0.5, 0.6) is 17.2 Å². The zero-order chi connectivity index (χ0) is 21.4. The van der Waals surface area contributed by atoms with Crippen LogP contribution in [-0.2, 0) is 11.3 Å². The lowest BCUT2D eigenvalue weighted by atomic mass is 10.1. The molecule has 2 aromatic rings. The largest absolute Gasteiger partial charge is 0.493 e. The third-order valence-electron chi connectivity index (χ3n) is 4.21. The van der Waals surface area contributed by atoms with Gasteiger partial charge in [0.15, 0.2) is 18.1 Å². The Kier molecular flexibility index (Phi) is 9.30. The molecule has 2 aromatic carbocycles. The summed E-state index contributed by atoms with van der Waals surface area (Å²) in [5, 5.41) is 2.86. The van der Waals surface area contributed by atoms with Gasteiger partial charge in [-0.25, -0.2) is 0 Å². The van der Waals surface area contributed by atoms with E-state index in [1.807, 2.05) is 37.3 Å². The smallest absolute Gasteiger partial charge is 0.258 e. The molecule has 7 heteroatoms. The van der Waals surface area contributed by atoms with Crippen LogP contribution in [-0.4, -0.2) is 26.2 Å². The van der Waals surface area contributed by atoms with Crippen LogP contribution < -0.4 is 19.5 Å². The van der Waals surface area contributed by atoms with Crippen LogP contribution in [0.4, 0.5) is 0 Å². The standard InChI is InChI=1S/C22H27Br2NO4/c1-14(2)7-8-28-19-6-5-16(10-20(19)27-4)12-25-21(26)13-29-22-15(3)9-17(23)11-18(22)24/h5-6,9-11,14H,7-8,12-13H2,1-4H3,(H,25,26). The second kappa shape index (κ2) is 11.5. The maximum absolute atomic E-state index is 12.2. The summed E-state index contributed by atoms with van der Waals surface area (Å²) in [6, 6.07) is 9.50.